The number of aromatic nitrogens is 2. The third-order valence-electron chi connectivity index (χ3n) is 4.78. The molecule has 0 spiro atoms. The summed E-state index contributed by atoms with van der Waals surface area (Å²) in [4.78, 5) is 4.76. The maximum absolute atomic E-state index is 6.22. The molecule has 0 aliphatic rings. The molecule has 6 heteroatoms. The lowest BCUT2D eigenvalue weighted by Crippen LogP contribution is -2.10. The third kappa shape index (κ3) is 4.52. The highest BCUT2D eigenvalue weighted by atomic mass is 35.5. The maximum Gasteiger partial charge on any atom is 0.161 e. The van der Waals surface area contributed by atoms with Crippen molar-refractivity contribution in [2.24, 2.45) is 0 Å². The van der Waals surface area contributed by atoms with Gasteiger partial charge in [-0.2, -0.15) is 0 Å². The Hall–Kier alpha value is -3.18. The molecule has 0 unspecified atom stereocenters. The number of aryl methyl sites for hydroxylation is 1. The van der Waals surface area contributed by atoms with Crippen molar-refractivity contribution in [3.05, 3.63) is 83.6 Å². The van der Waals surface area contributed by atoms with E-state index in [0.717, 1.165) is 41.3 Å². The van der Waals surface area contributed by atoms with E-state index in [2.05, 4.69) is 10.6 Å². The fourth-order valence-electron chi connectivity index (χ4n) is 3.33. The molecule has 0 atom stereocenters. The molecule has 1 aromatic heterocycles. The molecule has 1 heterocycles. The van der Waals surface area contributed by atoms with E-state index in [1.165, 1.54) is 0 Å². The van der Waals surface area contributed by atoms with Gasteiger partial charge >= 0.3 is 0 Å². The second kappa shape index (κ2) is 9.55. The molecule has 3 aromatic carbocycles. The number of hydrogen-bond acceptors (Lipinski definition) is 4. The Kier molecular flexibility index (Phi) is 6.40. The summed E-state index contributed by atoms with van der Waals surface area (Å²) in [7, 11) is 1.64. The predicted molar refractivity (Wildman–Crippen MR) is 119 cm³/mol. The van der Waals surface area contributed by atoms with Crippen LogP contribution in [0.3, 0.4) is 0 Å². The number of ether oxygens (including phenoxy) is 3. The van der Waals surface area contributed by atoms with Crippen LogP contribution in [-0.4, -0.2) is 23.3 Å². The number of rotatable bonds is 9. The van der Waals surface area contributed by atoms with Crippen LogP contribution in [0.2, 0.25) is 5.02 Å². The highest BCUT2D eigenvalue weighted by Gasteiger charge is 2.12. The highest BCUT2D eigenvalue weighted by molar-refractivity contribution is 6.32. The molecule has 0 aliphatic heterocycles. The van der Waals surface area contributed by atoms with Crippen LogP contribution in [0.4, 0.5) is 0 Å². The van der Waals surface area contributed by atoms with Gasteiger partial charge in [0.25, 0.3) is 0 Å². The van der Waals surface area contributed by atoms with Crippen LogP contribution >= 0.6 is 11.6 Å². The quantitative estimate of drug-likeness (QED) is 0.322. The van der Waals surface area contributed by atoms with Crippen molar-refractivity contribution in [1.29, 1.82) is 0 Å². The first-order valence-electron chi connectivity index (χ1n) is 9.83. The molecule has 0 aliphatic carbocycles. The number of para-hydroxylation sites is 5. The van der Waals surface area contributed by atoms with Gasteiger partial charge in [0.1, 0.15) is 18.2 Å². The first-order valence-corrected chi connectivity index (χ1v) is 10.2. The zero-order valence-electron chi connectivity index (χ0n) is 16.8. The summed E-state index contributed by atoms with van der Waals surface area (Å²) in [6.45, 7) is 1.67. The molecule has 0 fully saturated rings. The Morgan fingerprint density at radius 1 is 0.833 bits per heavy atom. The lowest BCUT2D eigenvalue weighted by molar-refractivity contribution is 0.273. The Morgan fingerprint density at radius 2 is 1.53 bits per heavy atom. The SMILES string of the molecule is COc1ccccc1OCCCn1c(COc2ccccc2Cl)nc2ccccc21. The van der Waals surface area contributed by atoms with E-state index in [1.54, 1.807) is 7.11 Å². The summed E-state index contributed by atoms with van der Waals surface area (Å²) in [5.74, 6) is 2.99. The molecule has 5 nitrogen and oxygen atoms in total. The number of halogens is 1. The minimum absolute atomic E-state index is 0.339. The van der Waals surface area contributed by atoms with Gasteiger partial charge in [-0.15, -0.1) is 0 Å². The van der Waals surface area contributed by atoms with E-state index in [-0.39, 0.29) is 0 Å². The van der Waals surface area contributed by atoms with Crippen LogP contribution in [0.25, 0.3) is 11.0 Å². The first-order chi connectivity index (χ1) is 14.8. The molecule has 0 amide bonds. The second-order valence-electron chi connectivity index (χ2n) is 6.74. The van der Waals surface area contributed by atoms with E-state index in [9.17, 15) is 0 Å². The molecule has 154 valence electrons. The molecule has 0 saturated heterocycles. The first kappa shape index (κ1) is 20.1. The molecule has 0 N–H and O–H groups in total. The van der Waals surface area contributed by atoms with Crippen molar-refractivity contribution in [3.63, 3.8) is 0 Å². The van der Waals surface area contributed by atoms with Crippen LogP contribution in [-0.2, 0) is 13.2 Å². The van der Waals surface area contributed by atoms with Gasteiger partial charge in [0, 0.05) is 6.54 Å². The monoisotopic (exact) mass is 422 g/mol. The van der Waals surface area contributed by atoms with Crippen LogP contribution in [0.15, 0.2) is 72.8 Å². The second-order valence-corrected chi connectivity index (χ2v) is 7.15. The van der Waals surface area contributed by atoms with Gasteiger partial charge in [-0.3, -0.25) is 0 Å². The number of benzene rings is 3. The molecule has 0 saturated carbocycles. The zero-order valence-corrected chi connectivity index (χ0v) is 17.5. The van der Waals surface area contributed by atoms with Crippen molar-refractivity contribution in [2.45, 2.75) is 19.6 Å². The largest absolute Gasteiger partial charge is 0.493 e. The number of nitrogens with zero attached hydrogens (tertiary/aromatic N) is 2. The van der Waals surface area contributed by atoms with E-state index in [1.807, 2.05) is 66.7 Å². The third-order valence-corrected chi connectivity index (χ3v) is 5.09. The van der Waals surface area contributed by atoms with Crippen molar-refractivity contribution < 1.29 is 14.2 Å². The zero-order chi connectivity index (χ0) is 20.8. The van der Waals surface area contributed by atoms with Gasteiger partial charge < -0.3 is 18.8 Å². The van der Waals surface area contributed by atoms with Gasteiger partial charge in [-0.25, -0.2) is 4.98 Å². The maximum atomic E-state index is 6.22. The van der Waals surface area contributed by atoms with Crippen LogP contribution in [0.5, 0.6) is 17.2 Å². The minimum Gasteiger partial charge on any atom is -0.493 e. The fraction of sp³-hybridized carbons (Fsp3) is 0.208. The predicted octanol–water partition coefficient (Wildman–Crippen LogP) is 5.75. The molecule has 4 rings (SSSR count). The number of hydrogen-bond donors (Lipinski definition) is 0. The van der Waals surface area contributed by atoms with Crippen molar-refractivity contribution >= 4 is 22.6 Å². The Balaban J connectivity index is 1.45. The highest BCUT2D eigenvalue weighted by Crippen LogP contribution is 2.27. The van der Waals surface area contributed by atoms with E-state index in [0.29, 0.717) is 24.0 Å². The van der Waals surface area contributed by atoms with Crippen LogP contribution in [0, 0.1) is 0 Å². The Morgan fingerprint density at radius 3 is 2.33 bits per heavy atom. The van der Waals surface area contributed by atoms with Crippen LogP contribution in [0.1, 0.15) is 12.2 Å². The lowest BCUT2D eigenvalue weighted by Gasteiger charge is -2.13. The number of imidazole rings is 1. The van der Waals surface area contributed by atoms with Gasteiger partial charge in [0.15, 0.2) is 11.5 Å². The average molecular weight is 423 g/mol. The van der Waals surface area contributed by atoms with Gasteiger partial charge in [0.05, 0.1) is 29.8 Å². The molecular weight excluding hydrogens is 400 g/mol. The van der Waals surface area contributed by atoms with E-state index < -0.39 is 0 Å². The Bertz CT molecular complexity index is 1130. The summed E-state index contributed by atoms with van der Waals surface area (Å²) in [6, 6.07) is 23.2. The summed E-state index contributed by atoms with van der Waals surface area (Å²) in [5.41, 5.74) is 2.02. The lowest BCUT2D eigenvalue weighted by atomic mass is 10.3. The van der Waals surface area contributed by atoms with Crippen molar-refractivity contribution in [3.8, 4) is 17.2 Å². The average Bonchev–Trinajstić information content (AvgIpc) is 3.14. The topological polar surface area (TPSA) is 45.5 Å². The van der Waals surface area contributed by atoms with Crippen molar-refractivity contribution in [1.82, 2.24) is 9.55 Å². The summed E-state index contributed by atoms with van der Waals surface area (Å²) in [6.07, 6.45) is 0.817. The number of methoxy groups -OCH3 is 1. The van der Waals surface area contributed by atoms with E-state index in [4.69, 9.17) is 30.8 Å². The molecular formula is C24H23ClN2O3. The molecule has 4 aromatic rings. The van der Waals surface area contributed by atoms with Crippen LogP contribution < -0.4 is 14.2 Å². The minimum atomic E-state index is 0.339. The normalized spacial score (nSPS) is 10.9. The molecule has 0 radical (unpaired) electrons. The summed E-state index contributed by atoms with van der Waals surface area (Å²) in [5, 5.41) is 0.588. The summed E-state index contributed by atoms with van der Waals surface area (Å²) >= 11 is 6.22. The van der Waals surface area contributed by atoms with E-state index >= 15 is 0 Å². The molecule has 30 heavy (non-hydrogen) atoms. The Labute approximate surface area is 180 Å². The molecule has 0 bridgehead atoms. The van der Waals surface area contributed by atoms with Crippen molar-refractivity contribution in [2.75, 3.05) is 13.7 Å². The fourth-order valence-corrected chi connectivity index (χ4v) is 3.52. The smallest absolute Gasteiger partial charge is 0.161 e. The summed E-state index contributed by atoms with van der Waals surface area (Å²) < 4.78 is 19.4. The van der Waals surface area contributed by atoms with Gasteiger partial charge in [0.2, 0.25) is 0 Å². The standard InChI is InChI=1S/C24H23ClN2O3/c1-28-22-13-6-7-14-23(22)29-16-8-15-27-20-11-4-3-10-19(20)26-24(27)17-30-21-12-5-2-9-18(21)25/h2-7,9-14H,8,15-17H2,1H3. The number of fused-ring (bicyclic) bond motifs is 1. The van der Waals surface area contributed by atoms with Gasteiger partial charge in [-0.1, -0.05) is 48.0 Å². The van der Waals surface area contributed by atoms with Gasteiger partial charge in [-0.05, 0) is 42.8 Å².